The number of nitrogens with zero attached hydrogens (tertiary/aromatic N) is 1. The molecule has 0 radical (unpaired) electrons. The van der Waals surface area contributed by atoms with E-state index < -0.39 is 53.2 Å². The molecule has 4 aliphatic heterocycles. The maximum atomic E-state index is 12.7. The minimum Gasteiger partial charge on any atom is -0.465 e. The van der Waals surface area contributed by atoms with Crippen LogP contribution in [0.1, 0.15) is 12.8 Å². The number of esters is 4. The molecule has 4 rings (SSSR count). The first-order valence-electron chi connectivity index (χ1n) is 8.98. The van der Waals surface area contributed by atoms with E-state index in [4.69, 9.17) is 23.8 Å². The molecule has 2 fully saturated rings. The molecule has 2 saturated heterocycles. The van der Waals surface area contributed by atoms with Gasteiger partial charge in [0, 0.05) is 0 Å². The molecule has 1 N–H and O–H groups in total. The second-order valence-corrected chi connectivity index (χ2v) is 7.01. The van der Waals surface area contributed by atoms with Crippen molar-refractivity contribution in [1.29, 1.82) is 0 Å². The quantitative estimate of drug-likeness (QED) is 0.440. The van der Waals surface area contributed by atoms with Gasteiger partial charge in [-0.15, -0.1) is 5.06 Å². The Morgan fingerprint density at radius 2 is 1.93 bits per heavy atom. The molecule has 0 aromatic carbocycles. The summed E-state index contributed by atoms with van der Waals surface area (Å²) >= 11 is 0. The predicted octanol–water partition coefficient (Wildman–Crippen LogP) is -1.25. The number of aliphatic hydroxyl groups excluding tert-OH is 1. The number of aliphatic hydroxyl groups is 1. The zero-order chi connectivity index (χ0) is 20.9. The van der Waals surface area contributed by atoms with Crippen LogP contribution >= 0.6 is 0 Å². The van der Waals surface area contributed by atoms with Crippen molar-refractivity contribution in [2.45, 2.75) is 30.5 Å². The van der Waals surface area contributed by atoms with E-state index in [0.717, 1.165) is 14.2 Å². The van der Waals surface area contributed by atoms with Crippen LogP contribution in [-0.4, -0.2) is 79.2 Å². The summed E-state index contributed by atoms with van der Waals surface area (Å²) in [5, 5.41) is 11.5. The second-order valence-electron chi connectivity index (χ2n) is 7.01. The molecule has 0 aromatic rings. The summed E-state index contributed by atoms with van der Waals surface area (Å²) in [5.74, 6) is -4.56. The van der Waals surface area contributed by atoms with Crippen molar-refractivity contribution in [3.8, 4) is 0 Å². The van der Waals surface area contributed by atoms with E-state index in [1.54, 1.807) is 0 Å². The molecule has 4 atom stereocenters. The van der Waals surface area contributed by atoms with Crippen molar-refractivity contribution < 1.29 is 48.1 Å². The van der Waals surface area contributed by atoms with Crippen molar-refractivity contribution in [2.24, 2.45) is 5.92 Å². The lowest BCUT2D eigenvalue weighted by Crippen LogP contribution is -2.52. The number of rotatable bonds is 4. The Morgan fingerprint density at radius 1 is 1.21 bits per heavy atom. The minimum atomic E-state index is -1.52. The van der Waals surface area contributed by atoms with Crippen LogP contribution in [0, 0.1) is 5.92 Å². The topological polar surface area (TPSA) is 138 Å². The average molecular weight is 409 g/mol. The van der Waals surface area contributed by atoms with Crippen molar-refractivity contribution in [3.63, 3.8) is 0 Å². The summed E-state index contributed by atoms with van der Waals surface area (Å²) in [5.41, 5.74) is -1.63. The third-order valence-electron chi connectivity index (χ3n) is 5.73. The Labute approximate surface area is 164 Å². The Hall–Kier alpha value is -2.92. The van der Waals surface area contributed by atoms with E-state index in [9.17, 15) is 24.3 Å². The third kappa shape index (κ3) is 2.57. The zero-order valence-electron chi connectivity index (χ0n) is 15.7. The SMILES string of the molecule is COC(=O)C1=C(C(=O)OC)[C@]2(C3=CCOC3=O)CC[C@H]([C@H]3C(=O)OC[C@H]3O)N2O1. The molecule has 0 saturated carbocycles. The van der Waals surface area contributed by atoms with E-state index in [1.807, 2.05) is 0 Å². The van der Waals surface area contributed by atoms with Crippen LogP contribution in [0.15, 0.2) is 23.0 Å². The van der Waals surface area contributed by atoms with Gasteiger partial charge in [-0.25, -0.2) is 14.4 Å². The smallest absolute Gasteiger partial charge is 0.376 e. The minimum absolute atomic E-state index is 0.00940. The van der Waals surface area contributed by atoms with Gasteiger partial charge in [0.2, 0.25) is 5.76 Å². The molecule has 11 heteroatoms. The molecule has 0 bridgehead atoms. The summed E-state index contributed by atoms with van der Waals surface area (Å²) in [6, 6.07) is -0.767. The largest absolute Gasteiger partial charge is 0.465 e. The lowest BCUT2D eigenvalue weighted by molar-refractivity contribution is -0.183. The van der Waals surface area contributed by atoms with Crippen LogP contribution in [0.5, 0.6) is 0 Å². The Balaban J connectivity index is 1.87. The van der Waals surface area contributed by atoms with Crippen LogP contribution in [0.3, 0.4) is 0 Å². The maximum absolute atomic E-state index is 12.7. The van der Waals surface area contributed by atoms with Gasteiger partial charge in [0.25, 0.3) is 0 Å². The van der Waals surface area contributed by atoms with E-state index in [-0.39, 0.29) is 37.2 Å². The van der Waals surface area contributed by atoms with Crippen LogP contribution < -0.4 is 0 Å². The molecule has 0 spiro atoms. The first-order chi connectivity index (χ1) is 13.9. The number of ether oxygens (including phenoxy) is 4. The van der Waals surface area contributed by atoms with Gasteiger partial charge in [-0.3, -0.25) is 4.79 Å². The molecule has 156 valence electrons. The normalized spacial score (nSPS) is 33.8. The van der Waals surface area contributed by atoms with Crippen LogP contribution in [0.25, 0.3) is 0 Å². The second kappa shape index (κ2) is 6.85. The summed E-state index contributed by atoms with van der Waals surface area (Å²) < 4.78 is 19.5. The fraction of sp³-hybridized carbons (Fsp3) is 0.556. The van der Waals surface area contributed by atoms with Crippen LogP contribution in [-0.2, 0) is 43.0 Å². The molecule has 0 aromatic heterocycles. The van der Waals surface area contributed by atoms with Crippen molar-refractivity contribution in [3.05, 3.63) is 23.0 Å². The number of cyclic esters (lactones) is 2. The third-order valence-corrected chi connectivity index (χ3v) is 5.73. The summed E-state index contributed by atoms with van der Waals surface area (Å²) in [6.45, 7) is -0.183. The Morgan fingerprint density at radius 3 is 2.48 bits per heavy atom. The molecule has 4 heterocycles. The Bertz CT molecular complexity index is 861. The predicted molar refractivity (Wildman–Crippen MR) is 89.2 cm³/mol. The van der Waals surface area contributed by atoms with E-state index >= 15 is 0 Å². The van der Waals surface area contributed by atoms with Crippen molar-refractivity contribution >= 4 is 23.9 Å². The number of carbonyl (C=O) groups excluding carboxylic acids is 4. The molecule has 0 unspecified atom stereocenters. The van der Waals surface area contributed by atoms with E-state index in [0.29, 0.717) is 0 Å². The highest BCUT2D eigenvalue weighted by molar-refractivity contribution is 6.06. The molecule has 29 heavy (non-hydrogen) atoms. The van der Waals surface area contributed by atoms with Gasteiger partial charge < -0.3 is 28.9 Å². The standard InChI is InChI=1S/C18H19NO10/c1-25-16(23)12-13(17(24)26-2)29-19-9(11-10(20)7-28-15(11)22)3-5-18(12,19)8-4-6-27-14(8)21/h4,9-11,20H,3,5-7H2,1-2H3/t9-,10-,11-,18-/m1/s1. The first kappa shape index (κ1) is 19.4. The number of methoxy groups -OCH3 is 2. The summed E-state index contributed by atoms with van der Waals surface area (Å²) in [7, 11) is 2.24. The molecule has 11 nitrogen and oxygen atoms in total. The highest BCUT2D eigenvalue weighted by Crippen LogP contribution is 2.54. The summed E-state index contributed by atoms with van der Waals surface area (Å²) in [6.07, 6.45) is 0.810. The van der Waals surface area contributed by atoms with Gasteiger partial charge in [-0.05, 0) is 18.9 Å². The molecular formula is C18H19NO10. The monoisotopic (exact) mass is 409 g/mol. The van der Waals surface area contributed by atoms with Gasteiger partial charge in [0.1, 0.15) is 36.3 Å². The summed E-state index contributed by atoms with van der Waals surface area (Å²) in [4.78, 5) is 55.5. The lowest BCUT2D eigenvalue weighted by Gasteiger charge is -2.35. The van der Waals surface area contributed by atoms with Crippen LogP contribution in [0.4, 0.5) is 0 Å². The zero-order valence-corrected chi connectivity index (χ0v) is 15.7. The van der Waals surface area contributed by atoms with Gasteiger partial charge >= 0.3 is 23.9 Å². The number of hydroxylamine groups is 2. The van der Waals surface area contributed by atoms with Gasteiger partial charge in [0.15, 0.2) is 0 Å². The average Bonchev–Trinajstić information content (AvgIpc) is 3.44. The highest BCUT2D eigenvalue weighted by Gasteiger charge is 2.67. The lowest BCUT2D eigenvalue weighted by atomic mass is 9.80. The van der Waals surface area contributed by atoms with Crippen molar-refractivity contribution in [1.82, 2.24) is 5.06 Å². The number of fused-ring (bicyclic) bond motifs is 1. The highest BCUT2D eigenvalue weighted by atomic mass is 16.7. The fourth-order valence-corrected chi connectivity index (χ4v) is 4.53. The molecular weight excluding hydrogens is 390 g/mol. The molecule has 4 aliphatic rings. The van der Waals surface area contributed by atoms with E-state index in [2.05, 4.69) is 0 Å². The number of hydrogen-bond acceptors (Lipinski definition) is 11. The maximum Gasteiger partial charge on any atom is 0.376 e. The fourth-order valence-electron chi connectivity index (χ4n) is 4.53. The number of carbonyl (C=O) groups is 4. The van der Waals surface area contributed by atoms with Gasteiger partial charge in [-0.1, -0.05) is 0 Å². The van der Waals surface area contributed by atoms with Gasteiger partial charge in [-0.2, -0.15) is 0 Å². The van der Waals surface area contributed by atoms with Crippen LogP contribution in [0.2, 0.25) is 0 Å². The molecule has 0 aliphatic carbocycles. The van der Waals surface area contributed by atoms with E-state index in [1.165, 1.54) is 11.1 Å². The van der Waals surface area contributed by atoms with Crippen molar-refractivity contribution in [2.75, 3.05) is 27.4 Å². The van der Waals surface area contributed by atoms with Gasteiger partial charge in [0.05, 0.1) is 25.8 Å². The molecule has 0 amide bonds. The number of hydrogen-bond donors (Lipinski definition) is 1. The Kier molecular flexibility index (Phi) is 4.58. The first-order valence-corrected chi connectivity index (χ1v) is 8.98.